The largest absolute Gasteiger partial charge is 0.394 e. The molecule has 0 spiro atoms. The van der Waals surface area contributed by atoms with Crippen LogP contribution in [0, 0.1) is 0 Å². The predicted molar refractivity (Wildman–Crippen MR) is 118 cm³/mol. The van der Waals surface area contributed by atoms with Crippen LogP contribution in [0.3, 0.4) is 0 Å². The highest BCUT2D eigenvalue weighted by Gasteiger charge is 2.32. The van der Waals surface area contributed by atoms with Crippen molar-refractivity contribution in [3.05, 3.63) is 30.3 Å². The van der Waals surface area contributed by atoms with Crippen LogP contribution in [-0.2, 0) is 19.6 Å². The van der Waals surface area contributed by atoms with Crippen molar-refractivity contribution in [3.63, 3.8) is 0 Å². The third-order valence-corrected chi connectivity index (χ3v) is 7.53. The molecule has 2 heterocycles. The number of benzene rings is 1. The predicted octanol–water partition coefficient (Wildman–Crippen LogP) is 1.26. The van der Waals surface area contributed by atoms with Gasteiger partial charge >= 0.3 is 0 Å². The second-order valence-corrected chi connectivity index (χ2v) is 10.1. The summed E-state index contributed by atoms with van der Waals surface area (Å²) >= 11 is 0. The summed E-state index contributed by atoms with van der Waals surface area (Å²) in [7, 11) is -3.54. The number of nitrogens with one attached hydrogen (secondary N) is 2. The molecule has 174 valence electrons. The van der Waals surface area contributed by atoms with Crippen LogP contribution in [0.15, 0.2) is 35.2 Å². The van der Waals surface area contributed by atoms with Crippen LogP contribution in [0.5, 0.6) is 0 Å². The summed E-state index contributed by atoms with van der Waals surface area (Å²) in [5, 5.41) is 12.8. The van der Waals surface area contributed by atoms with Crippen LogP contribution in [0.1, 0.15) is 44.9 Å². The van der Waals surface area contributed by atoms with Crippen LogP contribution < -0.4 is 10.0 Å². The number of nitrogens with zero attached hydrogens (tertiary/aromatic N) is 1. The third-order valence-electron chi connectivity index (χ3n) is 6.06. The molecule has 2 aliphatic rings. The van der Waals surface area contributed by atoms with Gasteiger partial charge in [0.15, 0.2) is 0 Å². The summed E-state index contributed by atoms with van der Waals surface area (Å²) < 4.78 is 33.2. The molecule has 0 aromatic heterocycles. The zero-order valence-corrected chi connectivity index (χ0v) is 18.9. The molecule has 31 heavy (non-hydrogen) atoms. The van der Waals surface area contributed by atoms with Gasteiger partial charge in [0.2, 0.25) is 15.9 Å². The first kappa shape index (κ1) is 24.1. The smallest absolute Gasteiger partial charge is 0.240 e. The van der Waals surface area contributed by atoms with E-state index < -0.39 is 16.1 Å². The van der Waals surface area contributed by atoms with Gasteiger partial charge in [-0.2, -0.15) is 0 Å². The van der Waals surface area contributed by atoms with Crippen molar-refractivity contribution >= 4 is 15.9 Å². The minimum absolute atomic E-state index is 0.00769. The molecule has 3 rings (SSSR count). The van der Waals surface area contributed by atoms with E-state index in [4.69, 9.17) is 4.74 Å². The topological polar surface area (TPSA) is 108 Å². The molecule has 0 unspecified atom stereocenters. The number of rotatable bonds is 10. The monoisotopic (exact) mass is 453 g/mol. The van der Waals surface area contributed by atoms with Crippen molar-refractivity contribution in [1.29, 1.82) is 0 Å². The SMILES string of the molecule is O=C(CCN1CCCCC1)N[C@@H]1CC[C@H](CCNS(=O)(=O)c2ccccc2)O[C@H]1CO. The summed E-state index contributed by atoms with van der Waals surface area (Å²) in [5.74, 6) is -0.00769. The highest BCUT2D eigenvalue weighted by atomic mass is 32.2. The second kappa shape index (κ2) is 11.9. The van der Waals surface area contributed by atoms with Gasteiger partial charge in [0.1, 0.15) is 6.10 Å². The maximum atomic E-state index is 12.4. The lowest BCUT2D eigenvalue weighted by atomic mass is 9.97. The van der Waals surface area contributed by atoms with Gasteiger partial charge in [0.05, 0.1) is 23.6 Å². The fourth-order valence-electron chi connectivity index (χ4n) is 4.27. The fourth-order valence-corrected chi connectivity index (χ4v) is 5.34. The molecule has 2 aliphatic heterocycles. The van der Waals surface area contributed by atoms with Gasteiger partial charge in [-0.1, -0.05) is 24.6 Å². The van der Waals surface area contributed by atoms with Crippen molar-refractivity contribution in [3.8, 4) is 0 Å². The van der Waals surface area contributed by atoms with E-state index in [1.165, 1.54) is 19.3 Å². The number of hydrogen-bond acceptors (Lipinski definition) is 6. The quantitative estimate of drug-likeness (QED) is 0.492. The number of ether oxygens (including phenoxy) is 1. The van der Waals surface area contributed by atoms with Crippen LogP contribution in [0.2, 0.25) is 0 Å². The molecule has 1 amide bonds. The van der Waals surface area contributed by atoms with E-state index in [-0.39, 0.29) is 36.1 Å². The Morgan fingerprint density at radius 3 is 2.58 bits per heavy atom. The molecular weight excluding hydrogens is 418 g/mol. The number of likely N-dealkylation sites (tertiary alicyclic amines) is 1. The number of piperidine rings is 1. The highest BCUT2D eigenvalue weighted by Crippen LogP contribution is 2.22. The molecule has 0 aliphatic carbocycles. The molecule has 0 saturated carbocycles. The molecule has 1 aromatic rings. The Morgan fingerprint density at radius 1 is 1.13 bits per heavy atom. The van der Waals surface area contributed by atoms with Gasteiger partial charge in [-0.05, 0) is 57.3 Å². The van der Waals surface area contributed by atoms with Crippen molar-refractivity contribution < 1.29 is 23.1 Å². The van der Waals surface area contributed by atoms with E-state index in [1.807, 2.05) is 0 Å². The molecule has 8 nitrogen and oxygen atoms in total. The molecular formula is C22H35N3O5S. The van der Waals surface area contributed by atoms with Crippen molar-refractivity contribution in [1.82, 2.24) is 14.9 Å². The Labute approximate surface area is 185 Å². The van der Waals surface area contributed by atoms with E-state index >= 15 is 0 Å². The highest BCUT2D eigenvalue weighted by molar-refractivity contribution is 7.89. The van der Waals surface area contributed by atoms with Gasteiger partial charge in [-0.25, -0.2) is 13.1 Å². The van der Waals surface area contributed by atoms with Crippen molar-refractivity contribution in [2.45, 2.75) is 68.1 Å². The summed E-state index contributed by atoms with van der Waals surface area (Å²) in [6.07, 6.45) is 5.44. The lowest BCUT2D eigenvalue weighted by Crippen LogP contribution is -2.51. The number of amides is 1. The Kier molecular flexibility index (Phi) is 9.28. The number of carbonyl (C=O) groups is 1. The molecule has 2 saturated heterocycles. The average molecular weight is 454 g/mol. The van der Waals surface area contributed by atoms with Crippen LogP contribution in [-0.4, -0.2) is 75.4 Å². The first-order chi connectivity index (χ1) is 15.0. The van der Waals surface area contributed by atoms with Gasteiger partial charge in [-0.3, -0.25) is 4.79 Å². The summed E-state index contributed by atoms with van der Waals surface area (Å²) in [6.45, 7) is 2.98. The molecule has 0 bridgehead atoms. The summed E-state index contributed by atoms with van der Waals surface area (Å²) in [5.41, 5.74) is 0. The summed E-state index contributed by atoms with van der Waals surface area (Å²) in [6, 6.07) is 8.04. The molecule has 3 atom stereocenters. The van der Waals surface area contributed by atoms with E-state index in [0.29, 0.717) is 25.7 Å². The maximum absolute atomic E-state index is 12.4. The zero-order valence-electron chi connectivity index (χ0n) is 18.0. The lowest BCUT2D eigenvalue weighted by molar-refractivity contribution is -0.128. The Hall–Kier alpha value is -1.52. The first-order valence-electron chi connectivity index (χ1n) is 11.3. The van der Waals surface area contributed by atoms with Crippen molar-refractivity contribution in [2.24, 2.45) is 0 Å². The molecule has 9 heteroatoms. The number of carbonyl (C=O) groups excluding carboxylic acids is 1. The second-order valence-electron chi connectivity index (χ2n) is 8.38. The maximum Gasteiger partial charge on any atom is 0.240 e. The number of hydrogen-bond donors (Lipinski definition) is 3. The van der Waals surface area contributed by atoms with Crippen LogP contribution in [0.25, 0.3) is 0 Å². The van der Waals surface area contributed by atoms with Crippen LogP contribution in [0.4, 0.5) is 0 Å². The fraction of sp³-hybridized carbons (Fsp3) is 0.682. The molecule has 0 radical (unpaired) electrons. The Morgan fingerprint density at radius 2 is 1.87 bits per heavy atom. The molecule has 1 aromatic carbocycles. The van der Waals surface area contributed by atoms with Gasteiger partial charge in [0, 0.05) is 19.5 Å². The summed E-state index contributed by atoms with van der Waals surface area (Å²) in [4.78, 5) is 14.9. The first-order valence-corrected chi connectivity index (χ1v) is 12.8. The molecule has 2 fully saturated rings. The molecule has 3 N–H and O–H groups in total. The van der Waals surface area contributed by atoms with E-state index in [0.717, 1.165) is 19.6 Å². The minimum atomic E-state index is -3.54. The van der Waals surface area contributed by atoms with Crippen LogP contribution >= 0.6 is 0 Å². The Bertz CT molecular complexity index is 784. The zero-order chi connectivity index (χ0) is 22.1. The lowest BCUT2D eigenvalue weighted by Gasteiger charge is -2.36. The average Bonchev–Trinajstić information content (AvgIpc) is 2.80. The van der Waals surface area contributed by atoms with Gasteiger partial charge in [0.25, 0.3) is 0 Å². The third kappa shape index (κ3) is 7.54. The number of aliphatic hydroxyl groups is 1. The standard InChI is InChI=1S/C22H35N3O5S/c26-17-21-20(24-22(27)12-16-25-14-5-2-6-15-25)10-9-18(30-21)11-13-23-31(28,29)19-7-3-1-4-8-19/h1,3-4,7-8,18,20-21,23,26H,2,5-6,9-17H2,(H,24,27)/t18-,20-,21+/m1/s1. The van der Waals surface area contributed by atoms with Gasteiger partial charge < -0.3 is 20.1 Å². The van der Waals surface area contributed by atoms with Gasteiger partial charge in [-0.15, -0.1) is 0 Å². The number of sulfonamides is 1. The van der Waals surface area contributed by atoms with Crippen molar-refractivity contribution in [2.75, 3.05) is 32.8 Å². The minimum Gasteiger partial charge on any atom is -0.394 e. The Balaban J connectivity index is 1.39. The normalized spacial score (nSPS) is 25.3. The van der Waals surface area contributed by atoms with E-state index in [1.54, 1.807) is 30.3 Å². The van der Waals surface area contributed by atoms with E-state index in [9.17, 15) is 18.3 Å². The van der Waals surface area contributed by atoms with E-state index in [2.05, 4.69) is 14.9 Å². The number of aliphatic hydroxyl groups excluding tert-OH is 1.